The molecule has 4 N–H and O–H groups in total. The third-order valence-electron chi connectivity index (χ3n) is 4.37. The fraction of sp³-hybridized carbons (Fsp3) is 0.222. The Bertz CT molecular complexity index is 1240. The Labute approximate surface area is 178 Å². The molecule has 31 heavy (non-hydrogen) atoms. The normalized spacial score (nSPS) is 11.8. The van der Waals surface area contributed by atoms with E-state index in [0.29, 0.717) is 0 Å². The van der Waals surface area contributed by atoms with Crippen LogP contribution in [0.2, 0.25) is 5.02 Å². The van der Waals surface area contributed by atoms with Gasteiger partial charge >= 0.3 is 11.7 Å². The second-order valence-corrected chi connectivity index (χ2v) is 6.90. The summed E-state index contributed by atoms with van der Waals surface area (Å²) in [5, 5.41) is 13.6. The highest BCUT2D eigenvalue weighted by atomic mass is 35.5. The van der Waals surface area contributed by atoms with E-state index in [-0.39, 0.29) is 21.7 Å². The zero-order valence-electron chi connectivity index (χ0n) is 16.0. The van der Waals surface area contributed by atoms with Gasteiger partial charge in [-0.3, -0.25) is 19.1 Å². The number of benzene rings is 1. The van der Waals surface area contributed by atoms with Crippen LogP contribution >= 0.6 is 11.6 Å². The van der Waals surface area contributed by atoms with Crippen molar-refractivity contribution in [3.05, 3.63) is 57.1 Å². The highest BCUT2D eigenvalue weighted by Gasteiger charge is 2.25. The number of nitrogens with one attached hydrogen (secondary N) is 3. The molecule has 0 bridgehead atoms. The van der Waals surface area contributed by atoms with Gasteiger partial charge in [0.25, 0.3) is 5.91 Å². The standard InChI is InChI=1S/C18H16ClFN6O5/c1-8-2-3-9(19)13(14(8)20)16(28)24-10(17(29)30)4-22-12(27)6-26-11-5-21-7-23-15(11)25-18(26)31/h2-3,5,7,10H,4,6H2,1H3,(H,22,27)(H,24,28)(H,29,30)(H,21,23,25,31)/t10-/m0/s1. The average Bonchev–Trinajstić information content (AvgIpc) is 3.03. The number of halogens is 2. The van der Waals surface area contributed by atoms with Gasteiger partial charge in [-0.1, -0.05) is 17.7 Å². The Morgan fingerprint density at radius 3 is 2.81 bits per heavy atom. The first-order valence-electron chi connectivity index (χ1n) is 8.82. The van der Waals surface area contributed by atoms with Gasteiger partial charge in [-0.25, -0.2) is 23.9 Å². The molecule has 0 spiro atoms. The summed E-state index contributed by atoms with van der Waals surface area (Å²) < 4.78 is 15.3. The zero-order chi connectivity index (χ0) is 22.7. The van der Waals surface area contributed by atoms with Crippen molar-refractivity contribution in [2.45, 2.75) is 19.5 Å². The zero-order valence-corrected chi connectivity index (χ0v) is 16.7. The molecule has 0 radical (unpaired) electrons. The van der Waals surface area contributed by atoms with Gasteiger partial charge in [0.1, 0.15) is 30.2 Å². The van der Waals surface area contributed by atoms with Gasteiger partial charge in [-0.15, -0.1) is 0 Å². The number of carboxylic acid groups (broad SMARTS) is 1. The number of fused-ring (bicyclic) bond motifs is 1. The van der Waals surface area contributed by atoms with Gasteiger partial charge in [0, 0.05) is 6.54 Å². The molecule has 3 rings (SSSR count). The molecule has 0 aliphatic heterocycles. The fourth-order valence-corrected chi connectivity index (χ4v) is 2.99. The average molecular weight is 451 g/mol. The maximum Gasteiger partial charge on any atom is 0.328 e. The van der Waals surface area contributed by atoms with E-state index in [1.54, 1.807) is 0 Å². The number of carbonyl (C=O) groups is 3. The first-order valence-corrected chi connectivity index (χ1v) is 9.20. The summed E-state index contributed by atoms with van der Waals surface area (Å²) in [6.07, 6.45) is 2.57. The number of nitrogens with zero attached hydrogens (tertiary/aromatic N) is 3. The van der Waals surface area contributed by atoms with Crippen LogP contribution in [-0.4, -0.2) is 55.0 Å². The number of aromatic amines is 1. The molecule has 0 aliphatic rings. The Kier molecular flexibility index (Phi) is 6.30. The molecule has 1 atom stereocenters. The number of carboxylic acids is 1. The largest absolute Gasteiger partial charge is 0.480 e. The topological polar surface area (TPSA) is 159 Å². The molecule has 0 aliphatic carbocycles. The number of aryl methyl sites for hydroxylation is 1. The number of rotatable bonds is 7. The first kappa shape index (κ1) is 21.9. The molecule has 0 saturated carbocycles. The molecular formula is C18H16ClFN6O5. The van der Waals surface area contributed by atoms with Crippen molar-refractivity contribution in [2.75, 3.05) is 6.54 Å². The van der Waals surface area contributed by atoms with Crippen LogP contribution in [0.5, 0.6) is 0 Å². The van der Waals surface area contributed by atoms with Crippen molar-refractivity contribution in [2.24, 2.45) is 0 Å². The number of aromatic nitrogens is 4. The fourth-order valence-electron chi connectivity index (χ4n) is 2.76. The van der Waals surface area contributed by atoms with Crippen LogP contribution in [-0.2, 0) is 16.1 Å². The number of carbonyl (C=O) groups excluding carboxylic acids is 2. The third-order valence-corrected chi connectivity index (χ3v) is 4.69. The Hall–Kier alpha value is -3.80. The van der Waals surface area contributed by atoms with Gasteiger partial charge in [0.05, 0.1) is 16.8 Å². The molecule has 2 amide bonds. The quantitative estimate of drug-likeness (QED) is 0.400. The van der Waals surface area contributed by atoms with Gasteiger partial charge < -0.3 is 15.7 Å². The van der Waals surface area contributed by atoms with Crippen molar-refractivity contribution in [1.82, 2.24) is 30.2 Å². The molecule has 3 aromatic rings. The van der Waals surface area contributed by atoms with Gasteiger partial charge in [-0.2, -0.15) is 0 Å². The summed E-state index contributed by atoms with van der Waals surface area (Å²) in [4.78, 5) is 58.2. The van der Waals surface area contributed by atoms with E-state index in [9.17, 15) is 28.7 Å². The maximum atomic E-state index is 14.2. The van der Waals surface area contributed by atoms with E-state index in [1.165, 1.54) is 31.6 Å². The minimum Gasteiger partial charge on any atom is -0.480 e. The minimum atomic E-state index is -1.57. The van der Waals surface area contributed by atoms with Crippen LogP contribution < -0.4 is 16.3 Å². The predicted octanol–water partition coefficient (Wildman–Crippen LogP) is 0.220. The van der Waals surface area contributed by atoms with Gasteiger partial charge in [-0.05, 0) is 18.6 Å². The molecule has 11 nitrogen and oxygen atoms in total. The van der Waals surface area contributed by atoms with Crippen LogP contribution in [0.25, 0.3) is 11.2 Å². The predicted molar refractivity (Wildman–Crippen MR) is 106 cm³/mol. The second-order valence-electron chi connectivity index (χ2n) is 6.49. The van der Waals surface area contributed by atoms with Gasteiger partial charge in [0.15, 0.2) is 5.65 Å². The Morgan fingerprint density at radius 1 is 1.35 bits per heavy atom. The van der Waals surface area contributed by atoms with Crippen molar-refractivity contribution in [3.8, 4) is 0 Å². The van der Waals surface area contributed by atoms with E-state index in [0.717, 1.165) is 4.57 Å². The number of amides is 2. The lowest BCUT2D eigenvalue weighted by atomic mass is 10.1. The third kappa shape index (κ3) is 4.69. The van der Waals surface area contributed by atoms with E-state index >= 15 is 0 Å². The molecule has 2 heterocycles. The lowest BCUT2D eigenvalue weighted by molar-refractivity contribution is -0.139. The number of H-pyrrole nitrogens is 1. The number of hydrogen-bond donors (Lipinski definition) is 4. The number of hydrogen-bond acceptors (Lipinski definition) is 6. The summed E-state index contributed by atoms with van der Waals surface area (Å²) in [6, 6.07) is 1.12. The van der Waals surface area contributed by atoms with Crippen LogP contribution in [0.1, 0.15) is 15.9 Å². The summed E-state index contributed by atoms with van der Waals surface area (Å²) in [5.41, 5.74) is -0.415. The van der Waals surface area contributed by atoms with Gasteiger partial charge in [0.2, 0.25) is 5.91 Å². The smallest absolute Gasteiger partial charge is 0.328 e. The number of aliphatic carboxylic acids is 1. The van der Waals surface area contributed by atoms with E-state index in [2.05, 4.69) is 25.6 Å². The lowest BCUT2D eigenvalue weighted by Crippen LogP contribution is -2.49. The molecule has 0 unspecified atom stereocenters. The molecule has 2 aromatic heterocycles. The monoisotopic (exact) mass is 450 g/mol. The van der Waals surface area contributed by atoms with Crippen molar-refractivity contribution >= 4 is 40.5 Å². The minimum absolute atomic E-state index is 0.155. The molecular weight excluding hydrogens is 435 g/mol. The summed E-state index contributed by atoms with van der Waals surface area (Å²) in [5.74, 6) is -4.08. The molecule has 0 fully saturated rings. The number of imidazole rings is 1. The Balaban J connectivity index is 1.68. The van der Waals surface area contributed by atoms with Crippen LogP contribution in [0, 0.1) is 12.7 Å². The molecule has 162 valence electrons. The maximum absolute atomic E-state index is 14.2. The van der Waals surface area contributed by atoms with Crippen molar-refractivity contribution in [1.29, 1.82) is 0 Å². The van der Waals surface area contributed by atoms with Crippen LogP contribution in [0.3, 0.4) is 0 Å². The second kappa shape index (κ2) is 8.92. The van der Waals surface area contributed by atoms with E-state index in [1.807, 2.05) is 0 Å². The molecule has 1 aromatic carbocycles. The molecule has 13 heteroatoms. The molecule has 0 saturated heterocycles. The Morgan fingerprint density at radius 2 is 2.10 bits per heavy atom. The van der Waals surface area contributed by atoms with Crippen molar-refractivity contribution < 1.29 is 23.9 Å². The lowest BCUT2D eigenvalue weighted by Gasteiger charge is -2.16. The van der Waals surface area contributed by atoms with Crippen LogP contribution in [0.15, 0.2) is 29.5 Å². The SMILES string of the molecule is Cc1ccc(Cl)c(C(=O)N[C@@H](CNC(=O)Cn2c(=O)[nH]c3ncncc32)C(=O)O)c1F. The van der Waals surface area contributed by atoms with E-state index in [4.69, 9.17) is 11.6 Å². The highest BCUT2D eigenvalue weighted by Crippen LogP contribution is 2.22. The van der Waals surface area contributed by atoms with E-state index < -0.39 is 54.0 Å². The van der Waals surface area contributed by atoms with Crippen molar-refractivity contribution in [3.63, 3.8) is 0 Å². The van der Waals surface area contributed by atoms with Crippen LogP contribution in [0.4, 0.5) is 4.39 Å². The summed E-state index contributed by atoms with van der Waals surface area (Å²) in [6.45, 7) is 0.471. The highest BCUT2D eigenvalue weighted by molar-refractivity contribution is 6.34. The first-order chi connectivity index (χ1) is 14.7. The summed E-state index contributed by atoms with van der Waals surface area (Å²) in [7, 11) is 0. The summed E-state index contributed by atoms with van der Waals surface area (Å²) >= 11 is 5.87.